The van der Waals surface area contributed by atoms with E-state index in [9.17, 15) is 4.79 Å². The second kappa shape index (κ2) is 10.2. The van der Waals surface area contributed by atoms with Crippen molar-refractivity contribution < 1.29 is 14.3 Å². The number of hydrogen-bond donors (Lipinski definition) is 1. The Bertz CT molecular complexity index is 930. The highest BCUT2D eigenvalue weighted by molar-refractivity contribution is 7.99. The van der Waals surface area contributed by atoms with E-state index in [4.69, 9.17) is 9.47 Å². The summed E-state index contributed by atoms with van der Waals surface area (Å²) in [5.74, 6) is 1.40. The van der Waals surface area contributed by atoms with Crippen LogP contribution in [0.4, 0.5) is 5.13 Å². The molecule has 0 aliphatic heterocycles. The average Bonchev–Trinajstić information content (AvgIpc) is 3.15. The molecule has 6 nitrogen and oxygen atoms in total. The summed E-state index contributed by atoms with van der Waals surface area (Å²) in [6, 6.07) is 15.3. The Balaban J connectivity index is 1.67. The van der Waals surface area contributed by atoms with Gasteiger partial charge in [-0.2, -0.15) is 0 Å². The summed E-state index contributed by atoms with van der Waals surface area (Å²) in [6.07, 6.45) is 0.598. The van der Waals surface area contributed by atoms with Crippen molar-refractivity contribution in [3.63, 3.8) is 0 Å². The zero-order valence-corrected chi connectivity index (χ0v) is 17.3. The number of nitrogens with zero attached hydrogens (tertiary/aromatic N) is 2. The van der Waals surface area contributed by atoms with Crippen molar-refractivity contribution >= 4 is 34.1 Å². The van der Waals surface area contributed by atoms with E-state index in [1.165, 1.54) is 11.3 Å². The lowest BCUT2D eigenvalue weighted by Gasteiger charge is -2.08. The lowest BCUT2D eigenvalue weighted by atomic mass is 10.1. The minimum absolute atomic E-state index is 0.194. The first-order valence-electron chi connectivity index (χ1n) is 8.67. The Morgan fingerprint density at radius 2 is 1.89 bits per heavy atom. The van der Waals surface area contributed by atoms with Crippen LogP contribution in [0.2, 0.25) is 0 Å². The molecule has 28 heavy (non-hydrogen) atoms. The Morgan fingerprint density at radius 3 is 2.71 bits per heavy atom. The molecular formula is C20H21N3O3S2. The highest BCUT2D eigenvalue weighted by atomic mass is 32.2. The SMILES string of the molecule is COCCSc1ccccc1C(=O)Nc1nnc(Cc2ccccc2OC)s1. The van der Waals surface area contributed by atoms with E-state index in [0.29, 0.717) is 23.7 Å². The van der Waals surface area contributed by atoms with Crippen LogP contribution in [0, 0.1) is 0 Å². The van der Waals surface area contributed by atoms with Crippen molar-refractivity contribution in [1.82, 2.24) is 10.2 Å². The van der Waals surface area contributed by atoms with Gasteiger partial charge < -0.3 is 9.47 Å². The van der Waals surface area contributed by atoms with Crippen LogP contribution >= 0.6 is 23.1 Å². The molecule has 0 saturated heterocycles. The number of para-hydroxylation sites is 1. The predicted molar refractivity (Wildman–Crippen MR) is 113 cm³/mol. The van der Waals surface area contributed by atoms with Gasteiger partial charge in [-0.15, -0.1) is 22.0 Å². The molecule has 146 valence electrons. The molecule has 0 radical (unpaired) electrons. The fourth-order valence-electron chi connectivity index (χ4n) is 2.57. The van der Waals surface area contributed by atoms with Crippen molar-refractivity contribution in [3.8, 4) is 5.75 Å². The highest BCUT2D eigenvalue weighted by Crippen LogP contribution is 2.26. The van der Waals surface area contributed by atoms with Gasteiger partial charge in [0.1, 0.15) is 10.8 Å². The van der Waals surface area contributed by atoms with Crippen LogP contribution in [0.1, 0.15) is 20.9 Å². The van der Waals surface area contributed by atoms with Gasteiger partial charge in [0.05, 0.1) is 19.3 Å². The van der Waals surface area contributed by atoms with Crippen LogP contribution in [0.3, 0.4) is 0 Å². The van der Waals surface area contributed by atoms with E-state index in [0.717, 1.165) is 27.0 Å². The normalized spacial score (nSPS) is 10.6. The average molecular weight is 416 g/mol. The van der Waals surface area contributed by atoms with Crippen LogP contribution in [-0.2, 0) is 11.2 Å². The van der Waals surface area contributed by atoms with Crippen LogP contribution in [0.15, 0.2) is 53.4 Å². The maximum atomic E-state index is 12.7. The molecule has 1 aromatic heterocycles. The molecule has 3 aromatic rings. The fraction of sp³-hybridized carbons (Fsp3) is 0.250. The molecule has 0 aliphatic rings. The van der Waals surface area contributed by atoms with E-state index in [1.807, 2.05) is 42.5 Å². The van der Waals surface area contributed by atoms with Gasteiger partial charge in [0, 0.05) is 29.7 Å². The molecule has 0 atom stereocenters. The zero-order valence-electron chi connectivity index (χ0n) is 15.7. The van der Waals surface area contributed by atoms with Crippen molar-refractivity contribution in [2.45, 2.75) is 11.3 Å². The first kappa shape index (κ1) is 20.3. The Morgan fingerprint density at radius 1 is 1.11 bits per heavy atom. The lowest BCUT2D eigenvalue weighted by molar-refractivity contribution is 0.102. The van der Waals surface area contributed by atoms with Gasteiger partial charge >= 0.3 is 0 Å². The number of hydrogen-bond acceptors (Lipinski definition) is 7. The number of thioether (sulfide) groups is 1. The number of carbonyl (C=O) groups is 1. The van der Waals surface area contributed by atoms with Crippen LogP contribution in [0.5, 0.6) is 5.75 Å². The molecule has 0 unspecified atom stereocenters. The number of benzene rings is 2. The molecule has 2 aromatic carbocycles. The Kier molecular flexibility index (Phi) is 7.41. The van der Waals surface area contributed by atoms with Crippen LogP contribution < -0.4 is 10.1 Å². The number of carbonyl (C=O) groups excluding carboxylic acids is 1. The summed E-state index contributed by atoms with van der Waals surface area (Å²) in [5.41, 5.74) is 1.64. The molecule has 0 fully saturated rings. The Hall–Kier alpha value is -2.42. The molecule has 0 bridgehead atoms. The molecule has 3 rings (SSSR count). The maximum absolute atomic E-state index is 12.7. The van der Waals surface area contributed by atoms with Crippen molar-refractivity contribution in [3.05, 3.63) is 64.7 Å². The third-order valence-electron chi connectivity index (χ3n) is 3.90. The van der Waals surface area contributed by atoms with Gasteiger partial charge in [-0.1, -0.05) is 41.7 Å². The number of anilines is 1. The van der Waals surface area contributed by atoms with Crippen molar-refractivity contribution in [1.29, 1.82) is 0 Å². The summed E-state index contributed by atoms with van der Waals surface area (Å²) >= 11 is 2.95. The van der Waals surface area contributed by atoms with Gasteiger partial charge in [0.25, 0.3) is 5.91 Å². The second-order valence-corrected chi connectivity index (χ2v) is 7.98. The largest absolute Gasteiger partial charge is 0.496 e. The smallest absolute Gasteiger partial charge is 0.258 e. The van der Waals surface area contributed by atoms with Gasteiger partial charge in [-0.3, -0.25) is 10.1 Å². The minimum Gasteiger partial charge on any atom is -0.496 e. The van der Waals surface area contributed by atoms with E-state index < -0.39 is 0 Å². The first-order chi connectivity index (χ1) is 13.7. The first-order valence-corrected chi connectivity index (χ1v) is 10.5. The summed E-state index contributed by atoms with van der Waals surface area (Å²) < 4.78 is 10.5. The van der Waals surface area contributed by atoms with E-state index >= 15 is 0 Å². The number of rotatable bonds is 9. The quantitative estimate of drug-likeness (QED) is 0.418. The minimum atomic E-state index is -0.194. The molecule has 0 spiro atoms. The molecule has 1 heterocycles. The third kappa shape index (κ3) is 5.31. The summed E-state index contributed by atoms with van der Waals surface area (Å²) in [4.78, 5) is 13.6. The summed E-state index contributed by atoms with van der Waals surface area (Å²) in [7, 11) is 3.31. The second-order valence-electron chi connectivity index (χ2n) is 5.78. The molecule has 1 N–H and O–H groups in total. The number of nitrogens with one attached hydrogen (secondary N) is 1. The number of methoxy groups -OCH3 is 2. The monoisotopic (exact) mass is 415 g/mol. The van der Waals surface area contributed by atoms with Gasteiger partial charge in [0.2, 0.25) is 5.13 Å². The zero-order chi connectivity index (χ0) is 19.8. The van der Waals surface area contributed by atoms with E-state index in [2.05, 4.69) is 15.5 Å². The van der Waals surface area contributed by atoms with Crippen molar-refractivity contribution in [2.24, 2.45) is 0 Å². The van der Waals surface area contributed by atoms with E-state index in [1.54, 1.807) is 32.0 Å². The lowest BCUT2D eigenvalue weighted by Crippen LogP contribution is -2.13. The summed E-state index contributed by atoms with van der Waals surface area (Å²) in [6.45, 7) is 0.628. The molecule has 1 amide bonds. The molecule has 0 aliphatic carbocycles. The van der Waals surface area contributed by atoms with Crippen LogP contribution in [-0.4, -0.2) is 42.7 Å². The standard InChI is InChI=1S/C20H21N3O3S2/c1-25-11-12-27-17-10-6-4-8-15(17)19(24)21-20-23-22-18(28-20)13-14-7-3-5-9-16(14)26-2/h3-10H,11-13H2,1-2H3,(H,21,23,24). The number of amides is 1. The highest BCUT2D eigenvalue weighted by Gasteiger charge is 2.15. The Labute approximate surface area is 172 Å². The molecule has 0 saturated carbocycles. The van der Waals surface area contributed by atoms with Gasteiger partial charge in [0.15, 0.2) is 0 Å². The topological polar surface area (TPSA) is 73.3 Å². The molecule has 8 heteroatoms. The maximum Gasteiger partial charge on any atom is 0.258 e. The third-order valence-corrected chi connectivity index (χ3v) is 5.77. The fourth-order valence-corrected chi connectivity index (χ4v) is 4.29. The summed E-state index contributed by atoms with van der Waals surface area (Å²) in [5, 5.41) is 12.4. The van der Waals surface area contributed by atoms with Crippen molar-refractivity contribution in [2.75, 3.05) is 31.9 Å². The number of aromatic nitrogens is 2. The van der Waals surface area contributed by atoms with Gasteiger partial charge in [-0.05, 0) is 18.2 Å². The van der Waals surface area contributed by atoms with Gasteiger partial charge in [-0.25, -0.2) is 0 Å². The van der Waals surface area contributed by atoms with E-state index in [-0.39, 0.29) is 5.91 Å². The predicted octanol–water partition coefficient (Wildman–Crippen LogP) is 4.13. The number of ether oxygens (including phenoxy) is 2. The molecular weight excluding hydrogens is 394 g/mol. The van der Waals surface area contributed by atoms with Crippen LogP contribution in [0.25, 0.3) is 0 Å².